The lowest BCUT2D eigenvalue weighted by molar-refractivity contribution is -0.114. The summed E-state index contributed by atoms with van der Waals surface area (Å²) in [6.07, 6.45) is 4.58. The quantitative estimate of drug-likeness (QED) is 0.841. The zero-order valence-corrected chi connectivity index (χ0v) is 13.6. The highest BCUT2D eigenvalue weighted by Gasteiger charge is 2.01. The van der Waals surface area contributed by atoms with Crippen LogP contribution in [0.3, 0.4) is 0 Å². The smallest absolute Gasteiger partial charge is 0.269 e. The Morgan fingerprint density at radius 2 is 1.80 bits per heavy atom. The first kappa shape index (κ1) is 20.4. The Bertz CT molecular complexity index is 395. The molecule has 0 saturated carbocycles. The number of benzene rings is 1. The molecule has 0 aliphatic rings. The molecule has 3 nitrogen and oxygen atoms in total. The van der Waals surface area contributed by atoms with E-state index in [9.17, 15) is 4.79 Å². The molecule has 0 aliphatic heterocycles. The van der Waals surface area contributed by atoms with Crippen molar-refractivity contribution in [3.8, 4) is 0 Å². The van der Waals surface area contributed by atoms with Crippen LogP contribution in [0.1, 0.15) is 33.3 Å². The number of aryl methyl sites for hydroxylation is 1. The van der Waals surface area contributed by atoms with Gasteiger partial charge >= 0.3 is 0 Å². The van der Waals surface area contributed by atoms with Crippen LogP contribution >= 0.6 is 0 Å². The summed E-state index contributed by atoms with van der Waals surface area (Å²) in [5.41, 5.74) is 1.86. The third-order valence-corrected chi connectivity index (χ3v) is 2.28. The summed E-state index contributed by atoms with van der Waals surface area (Å²) in [7, 11) is 3.17. The van der Waals surface area contributed by atoms with Crippen molar-refractivity contribution in [2.45, 2.75) is 34.1 Å². The lowest BCUT2D eigenvalue weighted by atomic mass is 10.2. The van der Waals surface area contributed by atoms with Crippen LogP contribution in [0.25, 0.3) is 0 Å². The number of aliphatic imine (C=N–C) groups is 1. The van der Waals surface area contributed by atoms with Gasteiger partial charge in [-0.05, 0) is 25.0 Å². The third kappa shape index (κ3) is 10.1. The average Bonchev–Trinajstić information content (AvgIpc) is 2.55. The molecule has 1 aromatic carbocycles. The van der Waals surface area contributed by atoms with Crippen LogP contribution in [-0.2, 0) is 11.2 Å². The van der Waals surface area contributed by atoms with Crippen molar-refractivity contribution in [2.24, 2.45) is 4.99 Å². The van der Waals surface area contributed by atoms with Gasteiger partial charge in [-0.25, -0.2) is 0 Å². The molecule has 0 spiro atoms. The minimum absolute atomic E-state index is 0.152. The number of carbonyl (C=O) groups excluding carboxylic acids is 1. The van der Waals surface area contributed by atoms with Crippen molar-refractivity contribution in [1.82, 2.24) is 5.32 Å². The Morgan fingerprint density at radius 3 is 2.10 bits per heavy atom. The first-order valence-corrected chi connectivity index (χ1v) is 7.05. The van der Waals surface area contributed by atoms with Crippen LogP contribution in [-0.4, -0.2) is 25.7 Å². The largest absolute Gasteiger partial charge is 0.354 e. The van der Waals surface area contributed by atoms with E-state index < -0.39 is 0 Å². The van der Waals surface area contributed by atoms with E-state index in [0.717, 1.165) is 6.42 Å². The van der Waals surface area contributed by atoms with Gasteiger partial charge in [-0.2, -0.15) is 0 Å². The van der Waals surface area contributed by atoms with E-state index in [0.29, 0.717) is 5.71 Å². The maximum absolute atomic E-state index is 10.8. The van der Waals surface area contributed by atoms with Gasteiger partial charge in [0.15, 0.2) is 0 Å². The molecule has 0 bridgehead atoms. The summed E-state index contributed by atoms with van der Waals surface area (Å²) >= 11 is 0. The van der Waals surface area contributed by atoms with Crippen molar-refractivity contribution in [3.05, 3.63) is 48.0 Å². The molecule has 20 heavy (non-hydrogen) atoms. The maximum atomic E-state index is 10.8. The van der Waals surface area contributed by atoms with Crippen LogP contribution in [0.15, 0.2) is 47.5 Å². The van der Waals surface area contributed by atoms with Crippen molar-refractivity contribution in [3.63, 3.8) is 0 Å². The second-order valence-electron chi connectivity index (χ2n) is 3.53. The number of rotatable bonds is 3. The standard InChI is InChI=1S/C8H10.C7H12N2O.C2H6/c1-2-8-6-4-3-5-7-8;1-4-5-6(8-2)7(10)9-3;1-2/h3-7H,2H2,1H3;4-5H,1-3H3,(H,9,10);1-2H3/b;5-4-,8-6?;. The minimum atomic E-state index is -0.152. The molecule has 1 amide bonds. The van der Waals surface area contributed by atoms with Crippen molar-refractivity contribution in [2.75, 3.05) is 14.1 Å². The van der Waals surface area contributed by atoms with Crippen LogP contribution in [0.2, 0.25) is 0 Å². The summed E-state index contributed by atoms with van der Waals surface area (Å²) < 4.78 is 0. The number of nitrogens with one attached hydrogen (secondary N) is 1. The van der Waals surface area contributed by atoms with E-state index >= 15 is 0 Å². The van der Waals surface area contributed by atoms with Crippen LogP contribution < -0.4 is 5.32 Å². The minimum Gasteiger partial charge on any atom is -0.354 e. The van der Waals surface area contributed by atoms with Crippen molar-refractivity contribution >= 4 is 11.6 Å². The Balaban J connectivity index is 0. The molecule has 1 aromatic rings. The topological polar surface area (TPSA) is 41.5 Å². The molecule has 0 radical (unpaired) electrons. The van der Waals surface area contributed by atoms with Gasteiger partial charge in [0, 0.05) is 14.1 Å². The second kappa shape index (κ2) is 15.2. The Morgan fingerprint density at radius 1 is 1.25 bits per heavy atom. The van der Waals surface area contributed by atoms with Crippen molar-refractivity contribution < 1.29 is 4.79 Å². The van der Waals surface area contributed by atoms with Gasteiger partial charge < -0.3 is 5.32 Å². The Hall–Kier alpha value is -1.90. The molecule has 1 rings (SSSR count). The monoisotopic (exact) mass is 276 g/mol. The molecule has 0 fully saturated rings. The molecule has 0 saturated heterocycles. The van der Waals surface area contributed by atoms with Crippen molar-refractivity contribution in [1.29, 1.82) is 0 Å². The number of nitrogens with zero attached hydrogens (tertiary/aromatic N) is 1. The van der Waals surface area contributed by atoms with Gasteiger partial charge in [-0.1, -0.05) is 57.2 Å². The highest BCUT2D eigenvalue weighted by molar-refractivity contribution is 6.43. The zero-order chi connectivity index (χ0) is 15.8. The van der Waals surface area contributed by atoms with Crippen LogP contribution in [0, 0.1) is 0 Å². The lowest BCUT2D eigenvalue weighted by Crippen LogP contribution is -2.25. The second-order valence-corrected chi connectivity index (χ2v) is 3.53. The molecule has 112 valence electrons. The molecule has 0 unspecified atom stereocenters. The number of carbonyl (C=O) groups is 1. The predicted molar refractivity (Wildman–Crippen MR) is 89.4 cm³/mol. The zero-order valence-electron chi connectivity index (χ0n) is 13.6. The van der Waals surface area contributed by atoms with E-state index in [1.807, 2.05) is 26.8 Å². The summed E-state index contributed by atoms with van der Waals surface area (Å²) in [6.45, 7) is 8.00. The van der Waals surface area contributed by atoms with E-state index in [1.165, 1.54) is 5.56 Å². The third-order valence-electron chi connectivity index (χ3n) is 2.28. The molecule has 1 N–H and O–H groups in total. The average molecular weight is 276 g/mol. The molecule has 3 heteroatoms. The van der Waals surface area contributed by atoms with Gasteiger partial charge in [0.2, 0.25) is 0 Å². The summed E-state index contributed by atoms with van der Waals surface area (Å²) in [5.74, 6) is -0.152. The number of hydrogen-bond donors (Lipinski definition) is 1. The van der Waals surface area contributed by atoms with Gasteiger partial charge in [0.05, 0.1) is 0 Å². The molecule has 0 heterocycles. The van der Waals surface area contributed by atoms with Gasteiger partial charge in [-0.3, -0.25) is 9.79 Å². The highest BCUT2D eigenvalue weighted by atomic mass is 16.1. The fourth-order valence-corrected chi connectivity index (χ4v) is 1.25. The summed E-state index contributed by atoms with van der Waals surface area (Å²) in [6, 6.07) is 10.5. The first-order chi connectivity index (χ1) is 9.69. The molecule has 0 aliphatic carbocycles. The number of allylic oxidation sites excluding steroid dienone is 1. The normalized spacial score (nSPS) is 10.0. The highest BCUT2D eigenvalue weighted by Crippen LogP contribution is 1.96. The van der Waals surface area contributed by atoms with Gasteiger partial charge in [0.25, 0.3) is 5.91 Å². The first-order valence-electron chi connectivity index (χ1n) is 7.05. The maximum Gasteiger partial charge on any atom is 0.269 e. The van der Waals surface area contributed by atoms with Gasteiger partial charge in [-0.15, -0.1) is 0 Å². The van der Waals surface area contributed by atoms with E-state index in [4.69, 9.17) is 0 Å². The summed E-state index contributed by atoms with van der Waals surface area (Å²) in [5, 5.41) is 2.48. The van der Waals surface area contributed by atoms with E-state index in [-0.39, 0.29) is 5.91 Å². The van der Waals surface area contributed by atoms with Crippen LogP contribution in [0.5, 0.6) is 0 Å². The van der Waals surface area contributed by atoms with Crippen LogP contribution in [0.4, 0.5) is 0 Å². The predicted octanol–water partition coefficient (Wildman–Crippen LogP) is 3.65. The van der Waals surface area contributed by atoms with Gasteiger partial charge in [0.1, 0.15) is 5.71 Å². The molecule has 0 atom stereocenters. The summed E-state index contributed by atoms with van der Waals surface area (Å²) in [4.78, 5) is 14.6. The lowest BCUT2D eigenvalue weighted by Gasteiger charge is -1.95. The fourth-order valence-electron chi connectivity index (χ4n) is 1.25. The molecule has 0 aromatic heterocycles. The number of amides is 1. The van der Waals surface area contributed by atoms with E-state index in [2.05, 4.69) is 41.5 Å². The Labute approximate surface area is 123 Å². The Kier molecular flexibility index (Phi) is 15.5. The SMILES string of the molecule is C/C=C\C(=NC)C(=O)NC.CC.CCc1ccccc1. The fraction of sp³-hybridized carbons (Fsp3) is 0.412. The molecular weight excluding hydrogens is 248 g/mol. The molecular formula is C17H28N2O. The van der Waals surface area contributed by atoms with E-state index in [1.54, 1.807) is 26.2 Å². The number of hydrogen-bond acceptors (Lipinski definition) is 2.